The van der Waals surface area contributed by atoms with Gasteiger partial charge in [-0.25, -0.2) is 4.39 Å². The number of carbonyl (C=O) groups is 1. The summed E-state index contributed by atoms with van der Waals surface area (Å²) < 4.78 is 15.3. The first-order valence-corrected chi connectivity index (χ1v) is 6.89. The van der Waals surface area contributed by atoms with Gasteiger partial charge in [0.1, 0.15) is 5.82 Å². The molecule has 1 aromatic carbocycles. The second-order valence-corrected chi connectivity index (χ2v) is 4.97. The Labute approximate surface area is 131 Å². The first-order chi connectivity index (χ1) is 11.1. The number of halogens is 1. The summed E-state index contributed by atoms with van der Waals surface area (Å²) in [7, 11) is 0. The smallest absolute Gasteiger partial charge is 0.250 e. The van der Waals surface area contributed by atoms with E-state index in [-0.39, 0.29) is 5.82 Å². The predicted octanol–water partition coefficient (Wildman–Crippen LogP) is 2.31. The number of nitrogens with two attached hydrogens (primary N) is 1. The second-order valence-electron chi connectivity index (χ2n) is 4.97. The fourth-order valence-corrected chi connectivity index (χ4v) is 2.13. The van der Waals surface area contributed by atoms with E-state index in [2.05, 4.69) is 15.4 Å². The summed E-state index contributed by atoms with van der Waals surface area (Å²) >= 11 is 0. The lowest BCUT2D eigenvalue weighted by molar-refractivity contribution is 0.1000. The molecule has 0 unspecified atom stereocenters. The van der Waals surface area contributed by atoms with Crippen molar-refractivity contribution in [1.82, 2.24) is 14.8 Å². The molecule has 0 atom stereocenters. The highest BCUT2D eigenvalue weighted by atomic mass is 19.1. The monoisotopic (exact) mass is 311 g/mol. The minimum atomic E-state index is -0.545. The molecule has 0 aliphatic heterocycles. The van der Waals surface area contributed by atoms with Crippen LogP contribution in [0.1, 0.15) is 15.9 Å². The maximum Gasteiger partial charge on any atom is 0.250 e. The number of benzene rings is 1. The SMILES string of the molecule is NC(=O)c1cncc(Nc2cnn(Cc3ccccc3F)c2)c1. The standard InChI is InChI=1S/C16H14FN5O/c17-15-4-2-1-3-11(15)9-22-10-14(8-20-22)21-13-5-12(16(18)23)6-19-7-13/h1-8,10,21H,9H2,(H2,18,23). The summed E-state index contributed by atoms with van der Waals surface area (Å²) in [5.41, 5.74) is 7.41. The Balaban J connectivity index is 1.74. The van der Waals surface area contributed by atoms with Crippen molar-refractivity contribution in [2.45, 2.75) is 6.54 Å². The Morgan fingerprint density at radius 3 is 2.83 bits per heavy atom. The Hall–Kier alpha value is -3.22. The van der Waals surface area contributed by atoms with Crippen LogP contribution >= 0.6 is 0 Å². The molecule has 0 fully saturated rings. The molecule has 6 nitrogen and oxygen atoms in total. The van der Waals surface area contributed by atoms with Crippen LogP contribution in [0.3, 0.4) is 0 Å². The van der Waals surface area contributed by atoms with Crippen molar-refractivity contribution in [2.75, 3.05) is 5.32 Å². The van der Waals surface area contributed by atoms with Gasteiger partial charge < -0.3 is 11.1 Å². The molecular weight excluding hydrogens is 297 g/mol. The van der Waals surface area contributed by atoms with E-state index in [0.29, 0.717) is 29.0 Å². The zero-order valence-corrected chi connectivity index (χ0v) is 12.1. The lowest BCUT2D eigenvalue weighted by atomic mass is 10.2. The number of hydrogen-bond donors (Lipinski definition) is 2. The molecule has 0 aliphatic rings. The van der Waals surface area contributed by atoms with E-state index >= 15 is 0 Å². The van der Waals surface area contributed by atoms with Gasteiger partial charge in [0.25, 0.3) is 0 Å². The maximum absolute atomic E-state index is 13.6. The second kappa shape index (κ2) is 6.27. The Morgan fingerprint density at radius 1 is 1.22 bits per heavy atom. The largest absolute Gasteiger partial charge is 0.366 e. The van der Waals surface area contributed by atoms with Gasteiger partial charge in [-0.2, -0.15) is 5.10 Å². The van der Waals surface area contributed by atoms with Gasteiger partial charge in [-0.15, -0.1) is 0 Å². The number of nitrogens with zero attached hydrogens (tertiary/aromatic N) is 3. The third-order valence-corrected chi connectivity index (χ3v) is 3.23. The summed E-state index contributed by atoms with van der Waals surface area (Å²) in [5.74, 6) is -0.813. The van der Waals surface area contributed by atoms with Crippen LogP contribution in [0.25, 0.3) is 0 Å². The molecule has 3 N–H and O–H groups in total. The minimum absolute atomic E-state index is 0.268. The lowest BCUT2D eigenvalue weighted by Crippen LogP contribution is -2.11. The molecular formula is C16H14FN5O. The van der Waals surface area contributed by atoms with E-state index in [1.807, 2.05) is 0 Å². The first kappa shape index (κ1) is 14.7. The van der Waals surface area contributed by atoms with Crippen molar-refractivity contribution in [3.05, 3.63) is 72.1 Å². The zero-order chi connectivity index (χ0) is 16.2. The molecule has 0 spiro atoms. The Morgan fingerprint density at radius 2 is 2.04 bits per heavy atom. The van der Waals surface area contributed by atoms with E-state index in [1.165, 1.54) is 12.3 Å². The van der Waals surface area contributed by atoms with Gasteiger partial charge in [0.05, 0.1) is 35.9 Å². The van der Waals surface area contributed by atoms with Gasteiger partial charge in [-0.05, 0) is 12.1 Å². The molecule has 0 aliphatic carbocycles. The van der Waals surface area contributed by atoms with Gasteiger partial charge in [0, 0.05) is 18.0 Å². The van der Waals surface area contributed by atoms with Gasteiger partial charge >= 0.3 is 0 Å². The summed E-state index contributed by atoms with van der Waals surface area (Å²) in [6.07, 6.45) is 6.32. The van der Waals surface area contributed by atoms with Crippen LogP contribution in [0, 0.1) is 5.82 Å². The molecule has 116 valence electrons. The molecule has 2 aromatic heterocycles. The molecule has 0 saturated heterocycles. The third-order valence-electron chi connectivity index (χ3n) is 3.23. The van der Waals surface area contributed by atoms with E-state index in [4.69, 9.17) is 5.73 Å². The molecule has 7 heteroatoms. The zero-order valence-electron chi connectivity index (χ0n) is 12.1. The van der Waals surface area contributed by atoms with Crippen molar-refractivity contribution in [3.8, 4) is 0 Å². The van der Waals surface area contributed by atoms with Crippen molar-refractivity contribution in [1.29, 1.82) is 0 Å². The van der Waals surface area contributed by atoms with Gasteiger partial charge in [0.2, 0.25) is 5.91 Å². The summed E-state index contributed by atoms with van der Waals surface area (Å²) in [4.78, 5) is 15.1. The number of primary amides is 1. The predicted molar refractivity (Wildman–Crippen MR) is 83.8 cm³/mol. The highest BCUT2D eigenvalue weighted by Gasteiger charge is 2.06. The van der Waals surface area contributed by atoms with E-state index in [9.17, 15) is 9.18 Å². The number of rotatable bonds is 5. The number of pyridine rings is 1. The molecule has 3 aromatic rings. The average molecular weight is 311 g/mol. The summed E-state index contributed by atoms with van der Waals surface area (Å²) in [5, 5.41) is 7.25. The lowest BCUT2D eigenvalue weighted by Gasteiger charge is -2.04. The molecule has 3 rings (SSSR count). The summed E-state index contributed by atoms with van der Waals surface area (Å²) in [6, 6.07) is 8.16. The molecule has 0 bridgehead atoms. The number of carbonyl (C=O) groups excluding carboxylic acids is 1. The van der Waals surface area contributed by atoms with Crippen molar-refractivity contribution >= 4 is 17.3 Å². The van der Waals surface area contributed by atoms with Crippen LogP contribution in [-0.4, -0.2) is 20.7 Å². The van der Waals surface area contributed by atoms with Crippen LogP contribution in [-0.2, 0) is 6.54 Å². The van der Waals surface area contributed by atoms with E-state index in [1.54, 1.807) is 47.5 Å². The van der Waals surface area contributed by atoms with Crippen LogP contribution in [0.5, 0.6) is 0 Å². The van der Waals surface area contributed by atoms with Gasteiger partial charge in [0.15, 0.2) is 0 Å². The Kier molecular flexibility index (Phi) is 4.01. The van der Waals surface area contributed by atoms with E-state index in [0.717, 1.165) is 0 Å². The fourth-order valence-electron chi connectivity index (χ4n) is 2.13. The van der Waals surface area contributed by atoms with Crippen LogP contribution in [0.2, 0.25) is 0 Å². The molecule has 0 saturated carbocycles. The highest BCUT2D eigenvalue weighted by molar-refractivity contribution is 5.93. The Bertz CT molecular complexity index is 846. The molecule has 0 radical (unpaired) electrons. The highest BCUT2D eigenvalue weighted by Crippen LogP contribution is 2.17. The number of hydrogen-bond acceptors (Lipinski definition) is 4. The van der Waals surface area contributed by atoms with Crippen molar-refractivity contribution in [2.24, 2.45) is 5.73 Å². The fraction of sp³-hybridized carbons (Fsp3) is 0.0625. The minimum Gasteiger partial charge on any atom is -0.366 e. The van der Waals surface area contributed by atoms with Crippen LogP contribution in [0.15, 0.2) is 55.1 Å². The van der Waals surface area contributed by atoms with Crippen molar-refractivity contribution in [3.63, 3.8) is 0 Å². The topological polar surface area (TPSA) is 85.8 Å². The summed E-state index contributed by atoms with van der Waals surface area (Å²) in [6.45, 7) is 0.327. The average Bonchev–Trinajstić information content (AvgIpc) is 2.97. The van der Waals surface area contributed by atoms with Gasteiger partial charge in [-0.3, -0.25) is 14.5 Å². The van der Waals surface area contributed by atoms with E-state index < -0.39 is 5.91 Å². The maximum atomic E-state index is 13.6. The van der Waals surface area contributed by atoms with Crippen LogP contribution in [0.4, 0.5) is 15.8 Å². The number of aromatic nitrogens is 3. The third kappa shape index (κ3) is 3.52. The van der Waals surface area contributed by atoms with Crippen LogP contribution < -0.4 is 11.1 Å². The number of anilines is 2. The quantitative estimate of drug-likeness (QED) is 0.757. The molecule has 23 heavy (non-hydrogen) atoms. The number of nitrogens with one attached hydrogen (secondary N) is 1. The van der Waals surface area contributed by atoms with Crippen molar-refractivity contribution < 1.29 is 9.18 Å². The normalized spacial score (nSPS) is 10.5. The first-order valence-electron chi connectivity index (χ1n) is 6.89. The van der Waals surface area contributed by atoms with Gasteiger partial charge in [-0.1, -0.05) is 18.2 Å². The molecule has 1 amide bonds. The number of amides is 1. The molecule has 2 heterocycles.